The summed E-state index contributed by atoms with van der Waals surface area (Å²) in [5.41, 5.74) is 0. The second-order valence-corrected chi connectivity index (χ2v) is 5.85. The van der Waals surface area contributed by atoms with Gasteiger partial charge in [-0.25, -0.2) is 4.79 Å². The number of hydrogen-bond donors (Lipinski definition) is 2. The zero-order valence-electron chi connectivity index (χ0n) is 15.4. The van der Waals surface area contributed by atoms with Crippen LogP contribution in [0.4, 0.5) is 0 Å². The van der Waals surface area contributed by atoms with Crippen LogP contribution in [-0.2, 0) is 33.5 Å². The Labute approximate surface area is 160 Å². The van der Waals surface area contributed by atoms with Crippen molar-refractivity contribution in [1.82, 2.24) is 14.9 Å². The molecule has 1 heterocycles. The second-order valence-electron chi connectivity index (χ2n) is 5.85. The fourth-order valence-corrected chi connectivity index (χ4v) is 2.55. The van der Waals surface area contributed by atoms with Crippen LogP contribution >= 0.6 is 0 Å². The highest BCUT2D eigenvalue weighted by atomic mass is 16.7. The fourth-order valence-electron chi connectivity index (χ4n) is 2.55. The summed E-state index contributed by atoms with van der Waals surface area (Å²) >= 11 is 0. The highest BCUT2D eigenvalue weighted by molar-refractivity contribution is 5.90. The zero-order chi connectivity index (χ0) is 21.1. The molecule has 0 bridgehead atoms. The lowest BCUT2D eigenvalue weighted by Gasteiger charge is -2.30. The number of carbonyl (C=O) groups excluding carboxylic acids is 3. The highest BCUT2D eigenvalue weighted by Gasteiger charge is 2.27. The molecule has 0 spiro atoms. The van der Waals surface area contributed by atoms with E-state index in [2.05, 4.69) is 4.74 Å². The molecule has 1 rings (SSSR count). The predicted octanol–water partition coefficient (Wildman–Crippen LogP) is -2.15. The third-order valence-corrected chi connectivity index (χ3v) is 3.75. The van der Waals surface area contributed by atoms with Crippen LogP contribution in [-0.4, -0.2) is 113 Å². The van der Waals surface area contributed by atoms with E-state index in [4.69, 9.17) is 9.94 Å². The van der Waals surface area contributed by atoms with Crippen LogP contribution in [0.15, 0.2) is 6.08 Å². The number of cyclic esters (lactones) is 2. The van der Waals surface area contributed by atoms with Crippen molar-refractivity contribution in [2.24, 2.45) is 0 Å². The number of nitrogens with zero attached hydrogens (tertiary/aromatic N) is 3. The summed E-state index contributed by atoms with van der Waals surface area (Å²) < 4.78 is 4.42. The van der Waals surface area contributed by atoms with Crippen molar-refractivity contribution in [3.8, 4) is 0 Å². The summed E-state index contributed by atoms with van der Waals surface area (Å²) in [4.78, 5) is 63.8. The molecule has 12 nitrogen and oxygen atoms in total. The average Bonchev–Trinajstić information content (AvgIpc) is 2.59. The number of carboxylic acids is 2. The molecule has 0 aromatic heterocycles. The Bertz CT molecular complexity index is 615. The Morgan fingerprint density at radius 2 is 1.89 bits per heavy atom. The van der Waals surface area contributed by atoms with Gasteiger partial charge in [0.25, 0.3) is 0 Å². The number of esters is 2. The van der Waals surface area contributed by atoms with Gasteiger partial charge < -0.3 is 14.9 Å². The highest BCUT2D eigenvalue weighted by Crippen LogP contribution is 2.05. The van der Waals surface area contributed by atoms with Gasteiger partial charge in [-0.05, 0) is 6.92 Å². The number of carboxylic acid groups (broad SMARTS) is 2. The minimum absolute atomic E-state index is 0.00274. The average molecular weight is 401 g/mol. The monoisotopic (exact) mass is 401 g/mol. The summed E-state index contributed by atoms with van der Waals surface area (Å²) in [7, 11) is 0. The lowest BCUT2D eigenvalue weighted by Crippen LogP contribution is -2.48. The minimum Gasteiger partial charge on any atom is -0.480 e. The number of carbonyl (C=O) groups is 4. The first-order chi connectivity index (χ1) is 13.3. The maximum absolute atomic E-state index is 11.3. The van der Waals surface area contributed by atoms with Crippen molar-refractivity contribution in [2.45, 2.75) is 13.0 Å². The van der Waals surface area contributed by atoms with E-state index in [0.29, 0.717) is 0 Å². The number of aliphatic carboxylic acids is 2. The van der Waals surface area contributed by atoms with Crippen molar-refractivity contribution in [3.63, 3.8) is 0 Å². The summed E-state index contributed by atoms with van der Waals surface area (Å²) in [6.07, 6.45) is 0.796. The van der Waals surface area contributed by atoms with Crippen LogP contribution in [0.25, 0.3) is 0 Å². The van der Waals surface area contributed by atoms with E-state index in [1.54, 1.807) is 6.92 Å². The standard InChI is InChI=1S/C16H23N3O9/c1-2-27-19(12(3-8-20)16(25)26)7-6-17(9-13(21)22)4-5-18-10-14(23)28-15(24)11-18/h3,12H,2,4-7,9-11H2,1H3,(H,21,22)(H,25,26). The van der Waals surface area contributed by atoms with Gasteiger partial charge in [0.1, 0.15) is 5.94 Å². The second kappa shape index (κ2) is 12.0. The molecule has 0 radical (unpaired) electrons. The van der Waals surface area contributed by atoms with Crippen molar-refractivity contribution in [3.05, 3.63) is 6.08 Å². The van der Waals surface area contributed by atoms with Crippen molar-refractivity contribution in [1.29, 1.82) is 0 Å². The van der Waals surface area contributed by atoms with Crippen LogP contribution < -0.4 is 0 Å². The Balaban J connectivity index is 2.70. The molecule has 1 unspecified atom stereocenters. The predicted molar refractivity (Wildman–Crippen MR) is 91.6 cm³/mol. The molecule has 0 amide bonds. The molecule has 12 heteroatoms. The van der Waals surface area contributed by atoms with Gasteiger partial charge in [0.2, 0.25) is 0 Å². The van der Waals surface area contributed by atoms with Gasteiger partial charge in [-0.15, -0.1) is 0 Å². The van der Waals surface area contributed by atoms with Gasteiger partial charge in [-0.2, -0.15) is 5.06 Å². The smallest absolute Gasteiger partial charge is 0.328 e. The van der Waals surface area contributed by atoms with E-state index >= 15 is 0 Å². The molecular formula is C16H23N3O9. The first-order valence-corrected chi connectivity index (χ1v) is 8.50. The van der Waals surface area contributed by atoms with Crippen molar-refractivity contribution < 1.29 is 43.8 Å². The normalized spacial score (nSPS) is 16.0. The third-order valence-electron chi connectivity index (χ3n) is 3.75. The van der Waals surface area contributed by atoms with Crippen LogP contribution in [0.1, 0.15) is 6.92 Å². The molecule has 1 saturated heterocycles. The van der Waals surface area contributed by atoms with E-state index in [1.165, 1.54) is 15.7 Å². The summed E-state index contributed by atoms with van der Waals surface area (Å²) in [6, 6.07) is -1.36. The Kier molecular flexibility index (Phi) is 9.99. The molecule has 2 N–H and O–H groups in total. The van der Waals surface area contributed by atoms with Crippen LogP contribution in [0, 0.1) is 0 Å². The first kappa shape index (κ1) is 23.4. The Hall–Kier alpha value is -2.63. The minimum atomic E-state index is -1.36. The largest absolute Gasteiger partial charge is 0.480 e. The van der Waals surface area contributed by atoms with E-state index in [1.807, 2.05) is 0 Å². The molecule has 1 fully saturated rings. The number of morpholine rings is 1. The van der Waals surface area contributed by atoms with Gasteiger partial charge in [0, 0.05) is 32.3 Å². The number of hydrogen-bond acceptors (Lipinski definition) is 10. The third kappa shape index (κ3) is 8.37. The molecule has 0 aromatic rings. The van der Waals surface area contributed by atoms with Crippen LogP contribution in [0.3, 0.4) is 0 Å². The van der Waals surface area contributed by atoms with Crippen molar-refractivity contribution >= 4 is 29.8 Å². The van der Waals surface area contributed by atoms with Crippen LogP contribution in [0.5, 0.6) is 0 Å². The first-order valence-electron chi connectivity index (χ1n) is 8.50. The van der Waals surface area contributed by atoms with Gasteiger partial charge in [0.05, 0.1) is 26.2 Å². The molecule has 1 aliphatic rings. The number of rotatable bonds is 13. The van der Waals surface area contributed by atoms with E-state index < -0.39 is 29.9 Å². The zero-order valence-corrected chi connectivity index (χ0v) is 15.4. The van der Waals surface area contributed by atoms with Crippen molar-refractivity contribution in [2.75, 3.05) is 52.4 Å². The molecule has 0 saturated carbocycles. The molecule has 0 aromatic carbocycles. The molecule has 156 valence electrons. The molecule has 28 heavy (non-hydrogen) atoms. The summed E-state index contributed by atoms with van der Waals surface area (Å²) in [6.45, 7) is 1.82. The van der Waals surface area contributed by atoms with Gasteiger partial charge in [-0.1, -0.05) is 0 Å². The Morgan fingerprint density at radius 3 is 2.39 bits per heavy atom. The number of ether oxygens (including phenoxy) is 1. The molecule has 1 aliphatic heterocycles. The topological polar surface area (TPSA) is 154 Å². The molecule has 1 atom stereocenters. The molecule has 0 aliphatic carbocycles. The quantitative estimate of drug-likeness (QED) is 0.150. The summed E-state index contributed by atoms with van der Waals surface area (Å²) in [5, 5.41) is 19.3. The van der Waals surface area contributed by atoms with E-state index in [0.717, 1.165) is 11.1 Å². The lowest BCUT2D eigenvalue weighted by atomic mass is 10.3. The summed E-state index contributed by atoms with van der Waals surface area (Å²) in [5.74, 6) is -2.34. The maximum Gasteiger partial charge on any atom is 0.328 e. The number of hydroxylamine groups is 2. The fraction of sp³-hybridized carbons (Fsp3) is 0.625. The molecular weight excluding hydrogens is 378 g/mol. The van der Waals surface area contributed by atoms with Gasteiger partial charge in [-0.3, -0.25) is 33.8 Å². The SMILES string of the molecule is CCON(CCN(CCN1CC(=O)OC(=O)C1)CC(=O)O)C(C=C=O)C(=O)O. The van der Waals surface area contributed by atoms with E-state index in [-0.39, 0.29) is 52.4 Å². The van der Waals surface area contributed by atoms with Gasteiger partial charge in [0.15, 0.2) is 6.04 Å². The van der Waals surface area contributed by atoms with Gasteiger partial charge >= 0.3 is 23.9 Å². The maximum atomic E-state index is 11.3. The Morgan fingerprint density at radius 1 is 1.25 bits per heavy atom. The lowest BCUT2D eigenvalue weighted by molar-refractivity contribution is -0.190. The van der Waals surface area contributed by atoms with E-state index in [9.17, 15) is 29.1 Å². The van der Waals surface area contributed by atoms with Crippen LogP contribution in [0.2, 0.25) is 0 Å².